The van der Waals surface area contributed by atoms with E-state index in [0.29, 0.717) is 11.5 Å². The van der Waals surface area contributed by atoms with Crippen LogP contribution in [-0.2, 0) is 0 Å². The lowest BCUT2D eigenvalue weighted by atomic mass is 10.1. The molecule has 2 aromatic rings. The fraction of sp³-hybridized carbons (Fsp3) is 0.273. The van der Waals surface area contributed by atoms with E-state index in [1.807, 2.05) is 0 Å². The molecule has 1 aromatic heterocycles. The van der Waals surface area contributed by atoms with Crippen LogP contribution < -0.4 is 5.32 Å². The van der Waals surface area contributed by atoms with Crippen molar-refractivity contribution in [1.29, 1.82) is 0 Å². The van der Waals surface area contributed by atoms with E-state index in [4.69, 9.17) is 4.52 Å². The maximum atomic E-state index is 13.0. The van der Waals surface area contributed by atoms with Crippen molar-refractivity contribution in [1.82, 2.24) is 15.5 Å². The van der Waals surface area contributed by atoms with Crippen molar-refractivity contribution in [2.24, 2.45) is 0 Å². The van der Waals surface area contributed by atoms with Crippen LogP contribution in [0.1, 0.15) is 18.4 Å². The molecule has 0 amide bonds. The summed E-state index contributed by atoms with van der Waals surface area (Å²) in [4.78, 5) is 4.14. The number of aromatic nitrogens is 2. The molecule has 2 heterocycles. The fourth-order valence-electron chi connectivity index (χ4n) is 1.63. The normalized spacial score (nSPS) is 18.0. The third kappa shape index (κ3) is 2.21. The topological polar surface area (TPSA) is 51.0 Å². The van der Waals surface area contributed by atoms with Gasteiger partial charge >= 0.3 is 0 Å². The first kappa shape index (κ1) is 12.9. The summed E-state index contributed by atoms with van der Waals surface area (Å²) in [7, 11) is 0. The minimum atomic E-state index is -0.921. The van der Waals surface area contributed by atoms with Gasteiger partial charge in [-0.1, -0.05) is 5.16 Å². The lowest BCUT2D eigenvalue weighted by Gasteiger charge is -2.23. The van der Waals surface area contributed by atoms with Crippen molar-refractivity contribution in [3.05, 3.63) is 35.7 Å². The zero-order valence-electron chi connectivity index (χ0n) is 9.19. The number of hydrogen-bond acceptors (Lipinski definition) is 4. The predicted molar refractivity (Wildman–Crippen MR) is 62.3 cm³/mol. The minimum Gasteiger partial charge on any atom is -0.337 e. The highest BCUT2D eigenvalue weighted by Crippen LogP contribution is 2.24. The van der Waals surface area contributed by atoms with E-state index in [0.717, 1.165) is 25.1 Å². The van der Waals surface area contributed by atoms with Gasteiger partial charge in [-0.05, 0) is 31.2 Å². The first-order valence-corrected chi connectivity index (χ1v) is 5.26. The van der Waals surface area contributed by atoms with Crippen LogP contribution in [0.15, 0.2) is 22.7 Å². The van der Waals surface area contributed by atoms with E-state index in [1.54, 1.807) is 0 Å². The molecule has 1 aromatic carbocycles. The van der Waals surface area contributed by atoms with Gasteiger partial charge in [-0.3, -0.25) is 0 Å². The molecule has 18 heavy (non-hydrogen) atoms. The molecular formula is C11H10ClF2N3O. The molecule has 0 bridgehead atoms. The van der Waals surface area contributed by atoms with E-state index in [-0.39, 0.29) is 24.3 Å². The zero-order valence-corrected chi connectivity index (χ0v) is 10.0. The van der Waals surface area contributed by atoms with Gasteiger partial charge in [-0.15, -0.1) is 12.4 Å². The van der Waals surface area contributed by atoms with Crippen molar-refractivity contribution in [2.45, 2.75) is 12.5 Å². The third-order valence-electron chi connectivity index (χ3n) is 2.74. The van der Waals surface area contributed by atoms with Crippen LogP contribution in [0, 0.1) is 11.6 Å². The summed E-state index contributed by atoms with van der Waals surface area (Å²) in [5, 5.41) is 6.86. The van der Waals surface area contributed by atoms with Crippen LogP contribution in [0.4, 0.5) is 8.78 Å². The summed E-state index contributed by atoms with van der Waals surface area (Å²) >= 11 is 0. The average molecular weight is 274 g/mol. The second kappa shape index (κ2) is 4.99. The molecular weight excluding hydrogens is 264 g/mol. The van der Waals surface area contributed by atoms with Gasteiger partial charge < -0.3 is 9.84 Å². The summed E-state index contributed by atoms with van der Waals surface area (Å²) in [5.74, 6) is -1.06. The molecule has 1 N–H and O–H groups in total. The maximum Gasteiger partial charge on any atom is 0.244 e. The number of benzene rings is 1. The molecule has 96 valence electrons. The smallest absolute Gasteiger partial charge is 0.244 e. The van der Waals surface area contributed by atoms with Gasteiger partial charge in [0.1, 0.15) is 0 Å². The molecule has 4 nitrogen and oxygen atoms in total. The van der Waals surface area contributed by atoms with Crippen molar-refractivity contribution in [3.8, 4) is 11.4 Å². The second-order valence-corrected chi connectivity index (χ2v) is 3.88. The van der Waals surface area contributed by atoms with Gasteiger partial charge in [-0.2, -0.15) is 4.98 Å². The van der Waals surface area contributed by atoms with Gasteiger partial charge in [-0.25, -0.2) is 8.78 Å². The van der Waals surface area contributed by atoms with Crippen LogP contribution >= 0.6 is 12.4 Å². The van der Waals surface area contributed by atoms with Crippen molar-refractivity contribution < 1.29 is 13.3 Å². The number of nitrogens with one attached hydrogen (secondary N) is 1. The summed E-state index contributed by atoms with van der Waals surface area (Å²) in [6, 6.07) is 3.60. The van der Waals surface area contributed by atoms with E-state index >= 15 is 0 Å². The first-order chi connectivity index (χ1) is 8.24. The van der Waals surface area contributed by atoms with Crippen molar-refractivity contribution in [2.75, 3.05) is 6.54 Å². The molecule has 1 fully saturated rings. The molecule has 1 saturated heterocycles. The highest BCUT2D eigenvalue weighted by molar-refractivity contribution is 5.85. The van der Waals surface area contributed by atoms with Gasteiger partial charge in [0.2, 0.25) is 11.7 Å². The quantitative estimate of drug-likeness (QED) is 0.913. The molecule has 0 unspecified atom stereocenters. The first-order valence-electron chi connectivity index (χ1n) is 5.26. The number of hydrogen-bond donors (Lipinski definition) is 1. The average Bonchev–Trinajstić information content (AvgIpc) is 2.69. The Morgan fingerprint density at radius 3 is 2.67 bits per heavy atom. The lowest BCUT2D eigenvalue weighted by molar-refractivity contribution is 0.273. The zero-order chi connectivity index (χ0) is 11.8. The Bertz CT molecular complexity index is 557. The minimum absolute atomic E-state index is 0. The van der Waals surface area contributed by atoms with Gasteiger partial charge in [0.15, 0.2) is 11.6 Å². The van der Waals surface area contributed by atoms with E-state index in [2.05, 4.69) is 15.5 Å². The largest absolute Gasteiger partial charge is 0.337 e. The standard InChI is InChI=1S/C11H9F2N3O.ClH/c12-7-2-1-6(5-8(7)13)10-15-11(17-16-10)9-3-4-14-9;/h1-2,5,9,14H,3-4H2;1H/t9-;/m1./s1. The molecule has 7 heteroatoms. The van der Waals surface area contributed by atoms with Crippen LogP contribution in [0.2, 0.25) is 0 Å². The highest BCUT2D eigenvalue weighted by Gasteiger charge is 2.25. The number of halogens is 3. The molecule has 0 radical (unpaired) electrons. The molecule has 3 rings (SSSR count). The highest BCUT2D eigenvalue weighted by atomic mass is 35.5. The molecule has 1 aliphatic rings. The lowest BCUT2D eigenvalue weighted by Crippen LogP contribution is -2.35. The van der Waals surface area contributed by atoms with Crippen LogP contribution in [0.3, 0.4) is 0 Å². The Morgan fingerprint density at radius 1 is 1.28 bits per heavy atom. The maximum absolute atomic E-state index is 13.0. The number of rotatable bonds is 2. The predicted octanol–water partition coefficient (Wildman–Crippen LogP) is 2.47. The molecule has 0 aliphatic carbocycles. The summed E-state index contributed by atoms with van der Waals surface area (Å²) in [6.45, 7) is 0.924. The van der Waals surface area contributed by atoms with Gasteiger partial charge in [0.25, 0.3) is 0 Å². The van der Waals surface area contributed by atoms with Crippen LogP contribution in [-0.4, -0.2) is 16.7 Å². The van der Waals surface area contributed by atoms with Gasteiger partial charge in [0, 0.05) is 5.56 Å². The molecule has 1 aliphatic heterocycles. The molecule has 0 saturated carbocycles. The van der Waals surface area contributed by atoms with Crippen molar-refractivity contribution in [3.63, 3.8) is 0 Å². The number of nitrogens with zero attached hydrogens (tertiary/aromatic N) is 2. The Hall–Kier alpha value is -1.53. The van der Waals surface area contributed by atoms with E-state index in [9.17, 15) is 8.78 Å². The second-order valence-electron chi connectivity index (χ2n) is 3.88. The van der Waals surface area contributed by atoms with Crippen LogP contribution in [0.5, 0.6) is 0 Å². The SMILES string of the molecule is Cl.Fc1ccc(-c2noc([C@H]3CCN3)n2)cc1F. The van der Waals surface area contributed by atoms with Crippen LogP contribution in [0.25, 0.3) is 11.4 Å². The van der Waals surface area contributed by atoms with E-state index in [1.165, 1.54) is 6.07 Å². The van der Waals surface area contributed by atoms with E-state index < -0.39 is 11.6 Å². The third-order valence-corrected chi connectivity index (χ3v) is 2.74. The molecule has 1 atom stereocenters. The Labute approximate surface area is 108 Å². The Balaban J connectivity index is 0.00000120. The molecule has 0 spiro atoms. The fourth-order valence-corrected chi connectivity index (χ4v) is 1.63. The van der Waals surface area contributed by atoms with Gasteiger partial charge in [0.05, 0.1) is 6.04 Å². The van der Waals surface area contributed by atoms with Crippen molar-refractivity contribution >= 4 is 12.4 Å². The summed E-state index contributed by atoms with van der Waals surface area (Å²) in [6.07, 6.45) is 0.944. The Kier molecular flexibility index (Phi) is 3.58. The summed E-state index contributed by atoms with van der Waals surface area (Å²) < 4.78 is 30.8. The monoisotopic (exact) mass is 273 g/mol. The Morgan fingerprint density at radius 2 is 2.06 bits per heavy atom. The summed E-state index contributed by atoms with van der Waals surface area (Å²) in [5.41, 5.74) is 0.401.